The molecule has 0 aliphatic rings. The van der Waals surface area contributed by atoms with Gasteiger partial charge in [0.2, 0.25) is 0 Å². The van der Waals surface area contributed by atoms with Gasteiger partial charge < -0.3 is 10.4 Å². The second kappa shape index (κ2) is 5.11. The van der Waals surface area contributed by atoms with Gasteiger partial charge in [-0.2, -0.15) is 0 Å². The van der Waals surface area contributed by atoms with Crippen molar-refractivity contribution in [1.29, 1.82) is 0 Å². The molecule has 3 nitrogen and oxygen atoms in total. The molecule has 0 aromatic heterocycles. The van der Waals surface area contributed by atoms with Crippen LogP contribution in [0.5, 0.6) is 5.75 Å². The molecule has 0 saturated carbocycles. The molecule has 82 valence electrons. The quantitative estimate of drug-likeness (QED) is 0.830. The number of carbonyl (C=O) groups is 1. The van der Waals surface area contributed by atoms with Gasteiger partial charge in [0, 0.05) is 11.4 Å². The normalized spacial score (nSPS) is 12.2. The lowest BCUT2D eigenvalue weighted by Gasteiger charge is -2.11. The van der Waals surface area contributed by atoms with Gasteiger partial charge >= 0.3 is 0 Å². The van der Waals surface area contributed by atoms with Gasteiger partial charge in [0.15, 0.2) is 0 Å². The van der Waals surface area contributed by atoms with Crippen LogP contribution in [0.1, 0.15) is 17.3 Å². The molecule has 0 aliphatic carbocycles. The van der Waals surface area contributed by atoms with Crippen molar-refractivity contribution in [2.45, 2.75) is 13.0 Å². The number of halogens is 2. The van der Waals surface area contributed by atoms with Crippen molar-refractivity contribution in [2.75, 3.05) is 5.33 Å². The summed E-state index contributed by atoms with van der Waals surface area (Å²) in [6, 6.07) is 3.18. The van der Waals surface area contributed by atoms with Crippen molar-refractivity contribution in [3.05, 3.63) is 29.6 Å². The van der Waals surface area contributed by atoms with Gasteiger partial charge in [-0.15, -0.1) is 0 Å². The third-order valence-electron chi connectivity index (χ3n) is 1.81. The Labute approximate surface area is 95.4 Å². The van der Waals surface area contributed by atoms with Crippen LogP contribution in [0, 0.1) is 5.82 Å². The first-order valence-electron chi connectivity index (χ1n) is 4.40. The first-order chi connectivity index (χ1) is 7.04. The number of amides is 1. The highest BCUT2D eigenvalue weighted by Crippen LogP contribution is 2.17. The summed E-state index contributed by atoms with van der Waals surface area (Å²) in [4.78, 5) is 11.5. The fourth-order valence-corrected chi connectivity index (χ4v) is 1.19. The maximum Gasteiger partial charge on any atom is 0.255 e. The fourth-order valence-electron chi connectivity index (χ4n) is 1.03. The third kappa shape index (κ3) is 3.20. The van der Waals surface area contributed by atoms with E-state index in [4.69, 9.17) is 0 Å². The predicted octanol–water partition coefficient (Wildman–Crippen LogP) is 2.04. The molecule has 0 fully saturated rings. The Morgan fingerprint density at radius 3 is 2.93 bits per heavy atom. The highest BCUT2D eigenvalue weighted by molar-refractivity contribution is 9.09. The molecule has 0 heterocycles. The van der Waals surface area contributed by atoms with Crippen LogP contribution in [-0.2, 0) is 0 Å². The summed E-state index contributed by atoms with van der Waals surface area (Å²) in [6.07, 6.45) is 0. The maximum atomic E-state index is 12.8. The van der Waals surface area contributed by atoms with E-state index in [0.717, 1.165) is 18.2 Å². The highest BCUT2D eigenvalue weighted by atomic mass is 79.9. The van der Waals surface area contributed by atoms with E-state index in [1.54, 1.807) is 6.92 Å². The lowest BCUT2D eigenvalue weighted by atomic mass is 10.1. The zero-order valence-corrected chi connectivity index (χ0v) is 9.71. The van der Waals surface area contributed by atoms with E-state index in [0.29, 0.717) is 5.33 Å². The molecular formula is C10H11BrFNO2. The lowest BCUT2D eigenvalue weighted by Crippen LogP contribution is -2.33. The number of nitrogens with one attached hydrogen (secondary N) is 1. The first kappa shape index (κ1) is 12.0. The minimum Gasteiger partial charge on any atom is -0.507 e. The Balaban J connectivity index is 2.86. The molecule has 1 aromatic rings. The van der Waals surface area contributed by atoms with Gasteiger partial charge in [-0.05, 0) is 25.1 Å². The molecule has 2 N–H and O–H groups in total. The number of phenolic OH excluding ortho intramolecular Hbond substituents is 1. The number of carbonyl (C=O) groups excluding carboxylic acids is 1. The highest BCUT2D eigenvalue weighted by Gasteiger charge is 2.13. The van der Waals surface area contributed by atoms with Crippen molar-refractivity contribution in [3.8, 4) is 5.75 Å². The van der Waals surface area contributed by atoms with E-state index in [1.807, 2.05) is 0 Å². The van der Waals surface area contributed by atoms with E-state index in [1.165, 1.54) is 0 Å². The SMILES string of the molecule is CC(CBr)NC(=O)c1cc(F)ccc1O. The van der Waals surface area contributed by atoms with Gasteiger partial charge in [0.1, 0.15) is 11.6 Å². The van der Waals surface area contributed by atoms with Gasteiger partial charge in [-0.1, -0.05) is 15.9 Å². The second-order valence-corrected chi connectivity index (χ2v) is 3.84. The Kier molecular flexibility index (Phi) is 4.08. The van der Waals surface area contributed by atoms with Gasteiger partial charge in [0.25, 0.3) is 5.91 Å². The maximum absolute atomic E-state index is 12.8. The summed E-state index contributed by atoms with van der Waals surface area (Å²) < 4.78 is 12.8. The average molecular weight is 276 g/mol. The van der Waals surface area contributed by atoms with Crippen molar-refractivity contribution in [3.63, 3.8) is 0 Å². The second-order valence-electron chi connectivity index (χ2n) is 3.19. The topological polar surface area (TPSA) is 49.3 Å². The van der Waals surface area contributed by atoms with E-state index in [-0.39, 0.29) is 17.4 Å². The molecule has 1 rings (SSSR count). The number of hydrogen-bond donors (Lipinski definition) is 2. The monoisotopic (exact) mass is 275 g/mol. The van der Waals surface area contributed by atoms with Crippen LogP contribution in [-0.4, -0.2) is 22.4 Å². The molecule has 0 spiro atoms. The van der Waals surface area contributed by atoms with E-state index >= 15 is 0 Å². The molecule has 1 unspecified atom stereocenters. The van der Waals surface area contributed by atoms with E-state index < -0.39 is 11.7 Å². The van der Waals surface area contributed by atoms with Crippen LogP contribution < -0.4 is 5.32 Å². The zero-order chi connectivity index (χ0) is 11.4. The molecule has 1 atom stereocenters. The predicted molar refractivity (Wildman–Crippen MR) is 58.8 cm³/mol. The molecule has 15 heavy (non-hydrogen) atoms. The summed E-state index contributed by atoms with van der Waals surface area (Å²) in [5.74, 6) is -1.26. The summed E-state index contributed by atoms with van der Waals surface area (Å²) >= 11 is 3.20. The summed E-state index contributed by atoms with van der Waals surface area (Å²) in [7, 11) is 0. The number of rotatable bonds is 3. The van der Waals surface area contributed by atoms with Crippen LogP contribution in [0.15, 0.2) is 18.2 Å². The minimum atomic E-state index is -0.551. The minimum absolute atomic E-state index is 0.0530. The molecule has 0 saturated heterocycles. The van der Waals surface area contributed by atoms with Crippen LogP contribution >= 0.6 is 15.9 Å². The number of benzene rings is 1. The van der Waals surface area contributed by atoms with Crippen LogP contribution in [0.4, 0.5) is 4.39 Å². The smallest absolute Gasteiger partial charge is 0.255 e. The van der Waals surface area contributed by atoms with Crippen LogP contribution in [0.3, 0.4) is 0 Å². The van der Waals surface area contributed by atoms with Gasteiger partial charge in [-0.3, -0.25) is 4.79 Å². The zero-order valence-electron chi connectivity index (χ0n) is 8.13. The largest absolute Gasteiger partial charge is 0.507 e. The Morgan fingerprint density at radius 1 is 1.67 bits per heavy atom. The number of aromatic hydroxyl groups is 1. The molecule has 0 bridgehead atoms. The lowest BCUT2D eigenvalue weighted by molar-refractivity contribution is 0.0941. The number of hydrogen-bond acceptors (Lipinski definition) is 2. The number of phenols is 1. The Morgan fingerprint density at radius 2 is 2.33 bits per heavy atom. The molecule has 0 radical (unpaired) electrons. The molecular weight excluding hydrogens is 265 g/mol. The van der Waals surface area contributed by atoms with E-state index in [2.05, 4.69) is 21.2 Å². The first-order valence-corrected chi connectivity index (χ1v) is 5.52. The molecule has 1 aromatic carbocycles. The Bertz CT molecular complexity index is 370. The Hall–Kier alpha value is -1.10. The summed E-state index contributed by atoms with van der Waals surface area (Å²) in [5.41, 5.74) is -0.0530. The third-order valence-corrected chi connectivity index (χ3v) is 2.78. The van der Waals surface area contributed by atoms with Crippen LogP contribution in [0.25, 0.3) is 0 Å². The van der Waals surface area contributed by atoms with Gasteiger partial charge in [-0.25, -0.2) is 4.39 Å². The summed E-state index contributed by atoms with van der Waals surface area (Å²) in [5, 5.41) is 12.5. The standard InChI is InChI=1S/C10H11BrFNO2/c1-6(5-11)13-10(15)8-4-7(12)2-3-9(8)14/h2-4,6,14H,5H2,1H3,(H,13,15). The summed E-state index contributed by atoms with van der Waals surface area (Å²) in [6.45, 7) is 1.79. The van der Waals surface area contributed by atoms with Crippen molar-refractivity contribution >= 4 is 21.8 Å². The van der Waals surface area contributed by atoms with Crippen molar-refractivity contribution in [2.24, 2.45) is 0 Å². The average Bonchev–Trinajstić information content (AvgIpc) is 2.21. The van der Waals surface area contributed by atoms with Crippen molar-refractivity contribution < 1.29 is 14.3 Å². The fraction of sp³-hybridized carbons (Fsp3) is 0.300. The van der Waals surface area contributed by atoms with Crippen molar-refractivity contribution in [1.82, 2.24) is 5.32 Å². The van der Waals surface area contributed by atoms with E-state index in [9.17, 15) is 14.3 Å². The number of alkyl halides is 1. The van der Waals surface area contributed by atoms with Crippen LogP contribution in [0.2, 0.25) is 0 Å². The molecule has 1 amide bonds. The molecule has 5 heteroatoms. The molecule has 0 aliphatic heterocycles. The van der Waals surface area contributed by atoms with Gasteiger partial charge in [0.05, 0.1) is 5.56 Å².